The summed E-state index contributed by atoms with van der Waals surface area (Å²) in [5, 5.41) is 56.0. The Bertz CT molecular complexity index is 1620. The number of carbonyl (C=O) groups is 9. The number of rotatable bonds is 35. The van der Waals surface area contributed by atoms with Crippen LogP contribution in [0.1, 0.15) is 91.9 Å². The highest BCUT2D eigenvalue weighted by Gasteiger charge is 2.34. The molecule has 0 rings (SSSR count). The Hall–Kier alpha value is -5.31. The monoisotopic (exact) mass is 963 g/mol. The molecule has 8 atom stereocenters. The van der Waals surface area contributed by atoms with Crippen molar-refractivity contribution < 1.29 is 63.6 Å². The summed E-state index contributed by atoms with van der Waals surface area (Å²) >= 11 is 1.32. The molecule has 7 amide bonds. The van der Waals surface area contributed by atoms with E-state index in [4.69, 9.17) is 22.9 Å². The third-order valence-electron chi connectivity index (χ3n) is 9.70. The van der Waals surface area contributed by atoms with Crippen molar-refractivity contribution in [2.75, 3.05) is 38.3 Å². The summed E-state index contributed by atoms with van der Waals surface area (Å²) in [4.78, 5) is 121. The van der Waals surface area contributed by atoms with E-state index in [0.717, 1.165) is 0 Å². The van der Waals surface area contributed by atoms with Gasteiger partial charge in [-0.1, -0.05) is 27.7 Å². The van der Waals surface area contributed by atoms with Crippen LogP contribution < -0.4 is 60.2 Å². The summed E-state index contributed by atoms with van der Waals surface area (Å²) in [5.41, 5.74) is 22.5. The molecule has 66 heavy (non-hydrogen) atoms. The number of amides is 7. The Morgan fingerprint density at radius 3 is 1.38 bits per heavy atom. The zero-order valence-corrected chi connectivity index (χ0v) is 39.3. The molecule has 0 bridgehead atoms. The highest BCUT2D eigenvalue weighted by atomic mass is 32.2. The molecule has 0 saturated heterocycles. The van der Waals surface area contributed by atoms with E-state index in [1.807, 2.05) is 13.8 Å². The van der Waals surface area contributed by atoms with Gasteiger partial charge in [0, 0.05) is 13.0 Å². The van der Waals surface area contributed by atoms with E-state index in [2.05, 4.69) is 42.2 Å². The second kappa shape index (κ2) is 33.2. The number of nitrogens with one attached hydrogen (secondary N) is 7. The van der Waals surface area contributed by atoms with Gasteiger partial charge in [0.05, 0.1) is 19.3 Å². The zero-order chi connectivity index (χ0) is 50.5. The standard InChI is InChI=1S/C40H74N12O13S/c1-21(2)17-23(42)32(57)46-24(9-6-7-14-41)33(58)47-25(10-8-15-45-40(43)44)34(59)51-30(20-54)38(63)50-28(18-22(3)4)36(61)52-29(19-53)37(62)48-26(11-12-31(55)56)35(60)49-27(39(64)65)13-16-66-5/h21-30,53-54H,6-20,41-42H2,1-5H3,(H,46,57)(H,47,58)(H,48,62)(H,49,60)(H,50,63)(H,51,59)(H,52,61)(H,55,56)(H,64,65)(H4,43,44,45)/t23-,24-,25-,26-,27-,28-,29-,30-/m0/s1. The van der Waals surface area contributed by atoms with Crippen molar-refractivity contribution in [2.24, 2.45) is 39.8 Å². The highest BCUT2D eigenvalue weighted by molar-refractivity contribution is 7.98. The maximum absolute atomic E-state index is 13.8. The van der Waals surface area contributed by atoms with E-state index in [9.17, 15) is 63.6 Å². The summed E-state index contributed by atoms with van der Waals surface area (Å²) in [6.07, 6.45) is 2.11. The van der Waals surface area contributed by atoms with Crippen molar-refractivity contribution in [1.82, 2.24) is 37.2 Å². The summed E-state index contributed by atoms with van der Waals surface area (Å²) in [5.74, 6) is -9.26. The van der Waals surface area contributed by atoms with Gasteiger partial charge in [0.1, 0.15) is 42.3 Å². The van der Waals surface area contributed by atoms with Crippen LogP contribution in [0.2, 0.25) is 0 Å². The molecule has 0 spiro atoms. The third-order valence-corrected chi connectivity index (χ3v) is 10.3. The van der Waals surface area contributed by atoms with E-state index in [1.54, 1.807) is 20.1 Å². The Labute approximate surface area is 389 Å². The van der Waals surface area contributed by atoms with Crippen LogP contribution >= 0.6 is 11.8 Å². The maximum atomic E-state index is 13.8. The summed E-state index contributed by atoms with van der Waals surface area (Å²) in [6, 6.07) is -11.3. The molecule has 0 aliphatic heterocycles. The Kier molecular flexibility index (Phi) is 30.5. The number of unbranched alkanes of at least 4 members (excludes halogenated alkanes) is 1. The highest BCUT2D eigenvalue weighted by Crippen LogP contribution is 2.10. The van der Waals surface area contributed by atoms with Crippen molar-refractivity contribution in [3.8, 4) is 0 Å². The van der Waals surface area contributed by atoms with E-state index in [1.165, 1.54) is 11.8 Å². The third kappa shape index (κ3) is 25.4. The van der Waals surface area contributed by atoms with Crippen LogP contribution in [0.4, 0.5) is 0 Å². The molecule has 0 heterocycles. The van der Waals surface area contributed by atoms with Crippen LogP contribution in [0.15, 0.2) is 4.99 Å². The number of guanidine groups is 1. The fraction of sp³-hybridized carbons (Fsp3) is 0.750. The second-order valence-corrected chi connectivity index (χ2v) is 17.4. The first-order valence-corrected chi connectivity index (χ1v) is 23.2. The molecular formula is C40H74N12O13S. The van der Waals surface area contributed by atoms with Crippen LogP contribution in [-0.4, -0.2) is 166 Å². The van der Waals surface area contributed by atoms with E-state index in [-0.39, 0.29) is 56.4 Å². The van der Waals surface area contributed by atoms with Crippen molar-refractivity contribution in [3.63, 3.8) is 0 Å². The minimum atomic E-state index is -1.76. The van der Waals surface area contributed by atoms with E-state index in [0.29, 0.717) is 31.6 Å². The van der Waals surface area contributed by atoms with Crippen molar-refractivity contribution in [3.05, 3.63) is 0 Å². The molecular weight excluding hydrogens is 889 g/mol. The van der Waals surface area contributed by atoms with Gasteiger partial charge in [0.2, 0.25) is 41.4 Å². The quantitative estimate of drug-likeness (QED) is 0.0162. The normalized spacial score (nSPS) is 14.8. The summed E-state index contributed by atoms with van der Waals surface area (Å²) in [7, 11) is 0. The number of carbonyl (C=O) groups excluding carboxylic acids is 7. The average molecular weight is 963 g/mol. The molecule has 0 aromatic heterocycles. The molecule has 25 nitrogen and oxygen atoms in total. The predicted molar refractivity (Wildman–Crippen MR) is 245 cm³/mol. The van der Waals surface area contributed by atoms with Gasteiger partial charge in [0.15, 0.2) is 5.96 Å². The van der Waals surface area contributed by atoms with Crippen LogP contribution in [0.3, 0.4) is 0 Å². The number of hydrogen-bond acceptors (Lipinski definition) is 15. The molecule has 26 heteroatoms. The first-order valence-electron chi connectivity index (χ1n) is 21.8. The van der Waals surface area contributed by atoms with Crippen LogP contribution in [0.5, 0.6) is 0 Å². The van der Waals surface area contributed by atoms with Gasteiger partial charge < -0.3 is 80.6 Å². The lowest BCUT2D eigenvalue weighted by molar-refractivity contribution is -0.143. The molecule has 0 aliphatic rings. The van der Waals surface area contributed by atoms with Crippen LogP contribution in [0, 0.1) is 11.8 Å². The molecule has 19 N–H and O–H groups in total. The number of aliphatic hydroxyl groups excluding tert-OH is 2. The first kappa shape index (κ1) is 60.7. The summed E-state index contributed by atoms with van der Waals surface area (Å²) < 4.78 is 0. The minimum absolute atomic E-state index is 0.0186. The fourth-order valence-corrected chi connectivity index (χ4v) is 6.65. The predicted octanol–water partition coefficient (Wildman–Crippen LogP) is -4.33. The number of aliphatic imine (C=N–C) groups is 1. The Balaban J connectivity index is 6.33. The molecule has 0 aromatic carbocycles. The number of thioether (sulfide) groups is 1. The molecule has 378 valence electrons. The van der Waals surface area contributed by atoms with Gasteiger partial charge in [-0.2, -0.15) is 11.8 Å². The fourth-order valence-electron chi connectivity index (χ4n) is 6.18. The number of nitrogens with zero attached hydrogens (tertiary/aromatic N) is 1. The van der Waals surface area contributed by atoms with Gasteiger partial charge in [-0.25, -0.2) is 4.79 Å². The number of hydrogen-bond donors (Lipinski definition) is 15. The average Bonchev–Trinajstić information content (AvgIpc) is 3.23. The molecule has 0 aliphatic carbocycles. The van der Waals surface area contributed by atoms with Gasteiger partial charge in [0.25, 0.3) is 0 Å². The lowest BCUT2D eigenvalue weighted by Crippen LogP contribution is -2.61. The van der Waals surface area contributed by atoms with Crippen molar-refractivity contribution in [2.45, 2.75) is 140 Å². The SMILES string of the molecule is CSCC[C@H](NC(=O)[C@H](CCC(=O)O)NC(=O)[C@H](CO)NC(=O)[C@H](CC(C)C)NC(=O)[C@H](CO)NC(=O)[C@H](CCCN=C(N)N)NC(=O)[C@H](CCCCN)NC(=O)[C@@H](N)CC(C)C)C(=O)O. The smallest absolute Gasteiger partial charge is 0.326 e. The van der Waals surface area contributed by atoms with Gasteiger partial charge in [-0.15, -0.1) is 0 Å². The Morgan fingerprint density at radius 1 is 0.545 bits per heavy atom. The van der Waals surface area contributed by atoms with Gasteiger partial charge >= 0.3 is 11.9 Å². The number of carboxylic acids is 2. The topological polar surface area (TPSA) is 435 Å². The molecule has 0 aromatic rings. The maximum Gasteiger partial charge on any atom is 0.326 e. The number of aliphatic carboxylic acids is 2. The number of aliphatic hydroxyl groups is 2. The number of carboxylic acid groups (broad SMARTS) is 2. The lowest BCUT2D eigenvalue weighted by Gasteiger charge is -2.27. The number of nitrogens with two attached hydrogens (primary N) is 4. The largest absolute Gasteiger partial charge is 0.481 e. The molecule has 0 radical (unpaired) electrons. The van der Waals surface area contributed by atoms with E-state index < -0.39 is 128 Å². The van der Waals surface area contributed by atoms with Crippen LogP contribution in [-0.2, 0) is 43.2 Å². The molecule has 0 saturated carbocycles. The minimum Gasteiger partial charge on any atom is -0.481 e. The zero-order valence-electron chi connectivity index (χ0n) is 38.5. The first-order chi connectivity index (χ1) is 31.0. The van der Waals surface area contributed by atoms with Gasteiger partial charge in [-0.05, 0) is 88.2 Å². The van der Waals surface area contributed by atoms with Crippen molar-refractivity contribution >= 4 is 71.0 Å². The molecule has 0 unspecified atom stereocenters. The second-order valence-electron chi connectivity index (χ2n) is 16.4. The van der Waals surface area contributed by atoms with Crippen molar-refractivity contribution in [1.29, 1.82) is 0 Å². The lowest BCUT2D eigenvalue weighted by atomic mass is 10.0. The Morgan fingerprint density at radius 2 is 0.955 bits per heavy atom. The van der Waals surface area contributed by atoms with E-state index >= 15 is 0 Å². The van der Waals surface area contributed by atoms with Crippen LogP contribution in [0.25, 0.3) is 0 Å². The summed E-state index contributed by atoms with van der Waals surface area (Å²) in [6.45, 7) is 5.49. The molecule has 0 fully saturated rings. The van der Waals surface area contributed by atoms with Gasteiger partial charge in [-0.3, -0.25) is 43.3 Å².